The SMILES string of the molecule is CC[C]1CCC1(C)C. The molecule has 8 heavy (non-hydrogen) atoms. The van der Waals surface area contributed by atoms with Gasteiger partial charge in [0.05, 0.1) is 0 Å². The van der Waals surface area contributed by atoms with Gasteiger partial charge in [-0.25, -0.2) is 0 Å². The van der Waals surface area contributed by atoms with Crippen LogP contribution in [0, 0.1) is 11.3 Å². The Morgan fingerprint density at radius 1 is 1.50 bits per heavy atom. The summed E-state index contributed by atoms with van der Waals surface area (Å²) in [6.45, 7) is 6.95. The second-order valence-electron chi connectivity index (χ2n) is 3.34. The van der Waals surface area contributed by atoms with Crippen LogP contribution in [0.5, 0.6) is 0 Å². The molecule has 47 valence electrons. The van der Waals surface area contributed by atoms with Gasteiger partial charge in [0.1, 0.15) is 0 Å². The molecular formula is C8H15. The molecule has 0 heteroatoms. The van der Waals surface area contributed by atoms with Crippen LogP contribution < -0.4 is 0 Å². The molecule has 1 rings (SSSR count). The second kappa shape index (κ2) is 1.75. The monoisotopic (exact) mass is 111 g/mol. The Hall–Kier alpha value is 0. The van der Waals surface area contributed by atoms with E-state index >= 15 is 0 Å². The summed E-state index contributed by atoms with van der Waals surface area (Å²) in [6, 6.07) is 0. The van der Waals surface area contributed by atoms with Crippen LogP contribution in [0.4, 0.5) is 0 Å². The van der Waals surface area contributed by atoms with E-state index in [1.165, 1.54) is 19.3 Å². The molecule has 0 nitrogen and oxygen atoms in total. The smallest absolute Gasteiger partial charge is 0.0187 e. The number of hydrogen-bond donors (Lipinski definition) is 0. The van der Waals surface area contributed by atoms with E-state index in [0.717, 1.165) is 0 Å². The van der Waals surface area contributed by atoms with Gasteiger partial charge in [-0.05, 0) is 30.6 Å². The summed E-state index contributed by atoms with van der Waals surface area (Å²) in [5.74, 6) is 1.76. The van der Waals surface area contributed by atoms with Crippen molar-refractivity contribution in [3.05, 3.63) is 5.92 Å². The maximum Gasteiger partial charge on any atom is -0.0187 e. The molecule has 0 N–H and O–H groups in total. The first-order valence-electron chi connectivity index (χ1n) is 3.52. The van der Waals surface area contributed by atoms with Crippen LogP contribution in [-0.4, -0.2) is 0 Å². The highest BCUT2D eigenvalue weighted by Gasteiger charge is 2.36. The predicted octanol–water partition coefficient (Wildman–Crippen LogP) is 2.79. The van der Waals surface area contributed by atoms with E-state index in [1.807, 2.05) is 0 Å². The van der Waals surface area contributed by atoms with Crippen LogP contribution in [0.1, 0.15) is 40.0 Å². The Bertz CT molecular complexity index is 80.0. The summed E-state index contributed by atoms with van der Waals surface area (Å²) in [5, 5.41) is 0. The van der Waals surface area contributed by atoms with Gasteiger partial charge in [0.15, 0.2) is 0 Å². The average molecular weight is 111 g/mol. The molecule has 0 aromatic carbocycles. The van der Waals surface area contributed by atoms with Crippen molar-refractivity contribution in [3.63, 3.8) is 0 Å². The lowest BCUT2D eigenvalue weighted by molar-refractivity contribution is 0.223. The summed E-state index contributed by atoms with van der Waals surface area (Å²) in [6.07, 6.45) is 4.10. The van der Waals surface area contributed by atoms with Crippen LogP contribution in [0.15, 0.2) is 0 Å². The van der Waals surface area contributed by atoms with Gasteiger partial charge in [0, 0.05) is 0 Å². The van der Waals surface area contributed by atoms with E-state index in [9.17, 15) is 0 Å². The van der Waals surface area contributed by atoms with Crippen molar-refractivity contribution in [1.29, 1.82) is 0 Å². The van der Waals surface area contributed by atoms with E-state index in [-0.39, 0.29) is 0 Å². The second-order valence-corrected chi connectivity index (χ2v) is 3.34. The van der Waals surface area contributed by atoms with Gasteiger partial charge in [-0.2, -0.15) is 0 Å². The molecule has 0 unspecified atom stereocenters. The van der Waals surface area contributed by atoms with Crippen molar-refractivity contribution in [2.24, 2.45) is 5.41 Å². The van der Waals surface area contributed by atoms with E-state index in [4.69, 9.17) is 0 Å². The number of rotatable bonds is 1. The van der Waals surface area contributed by atoms with Crippen molar-refractivity contribution in [1.82, 2.24) is 0 Å². The standard InChI is InChI=1S/C8H15/c1-4-7-5-6-8(7,2)3/h4-6H2,1-3H3. The Balaban J connectivity index is 2.37. The van der Waals surface area contributed by atoms with Gasteiger partial charge >= 0.3 is 0 Å². The van der Waals surface area contributed by atoms with Gasteiger partial charge in [-0.1, -0.05) is 20.8 Å². The fourth-order valence-corrected chi connectivity index (χ4v) is 1.46. The first-order chi connectivity index (χ1) is 3.67. The maximum atomic E-state index is 2.34. The van der Waals surface area contributed by atoms with Crippen LogP contribution in [-0.2, 0) is 0 Å². The van der Waals surface area contributed by atoms with Crippen molar-refractivity contribution < 1.29 is 0 Å². The largest absolute Gasteiger partial charge is 0.0648 e. The van der Waals surface area contributed by atoms with Crippen molar-refractivity contribution in [3.8, 4) is 0 Å². The third-order valence-corrected chi connectivity index (χ3v) is 2.44. The first kappa shape index (κ1) is 6.12. The molecular weight excluding hydrogens is 96.1 g/mol. The Labute approximate surface area is 52.3 Å². The van der Waals surface area contributed by atoms with Gasteiger partial charge in [0.25, 0.3) is 0 Å². The molecule has 1 radical (unpaired) electrons. The van der Waals surface area contributed by atoms with Crippen LogP contribution >= 0.6 is 0 Å². The molecule has 1 aliphatic carbocycles. The summed E-state index contributed by atoms with van der Waals surface area (Å²) in [7, 11) is 0. The summed E-state index contributed by atoms with van der Waals surface area (Å²) in [5.41, 5.74) is 0.606. The van der Waals surface area contributed by atoms with E-state index in [2.05, 4.69) is 20.8 Å². The molecule has 0 amide bonds. The molecule has 1 saturated carbocycles. The van der Waals surface area contributed by atoms with Gasteiger partial charge < -0.3 is 0 Å². The Morgan fingerprint density at radius 2 is 2.12 bits per heavy atom. The zero-order chi connectivity index (χ0) is 6.20. The molecule has 0 saturated heterocycles. The van der Waals surface area contributed by atoms with E-state index in [1.54, 1.807) is 5.92 Å². The van der Waals surface area contributed by atoms with Gasteiger partial charge in [-0.3, -0.25) is 0 Å². The van der Waals surface area contributed by atoms with E-state index < -0.39 is 0 Å². The highest BCUT2D eigenvalue weighted by atomic mass is 14.4. The zero-order valence-corrected chi connectivity index (χ0v) is 6.12. The molecule has 0 aliphatic heterocycles. The quantitative estimate of drug-likeness (QED) is 0.488. The highest BCUT2D eigenvalue weighted by Crippen LogP contribution is 2.49. The normalized spacial score (nSPS) is 27.4. The average Bonchev–Trinajstić information content (AvgIpc) is 1.66. The molecule has 1 aliphatic rings. The molecule has 0 aromatic rings. The molecule has 0 bridgehead atoms. The summed E-state index contributed by atoms with van der Waals surface area (Å²) >= 11 is 0. The van der Waals surface area contributed by atoms with Crippen LogP contribution in [0.25, 0.3) is 0 Å². The van der Waals surface area contributed by atoms with Gasteiger partial charge in [-0.15, -0.1) is 0 Å². The lowest BCUT2D eigenvalue weighted by Gasteiger charge is -2.43. The fraction of sp³-hybridized carbons (Fsp3) is 0.875. The Kier molecular flexibility index (Phi) is 1.34. The number of hydrogen-bond acceptors (Lipinski definition) is 0. The minimum absolute atomic E-state index is 0.606. The lowest BCUT2D eigenvalue weighted by atomic mass is 9.62. The minimum atomic E-state index is 0.606. The van der Waals surface area contributed by atoms with Crippen molar-refractivity contribution >= 4 is 0 Å². The fourth-order valence-electron chi connectivity index (χ4n) is 1.46. The molecule has 0 aromatic heterocycles. The maximum absolute atomic E-state index is 2.34. The topological polar surface area (TPSA) is 0 Å². The first-order valence-corrected chi connectivity index (χ1v) is 3.52. The highest BCUT2D eigenvalue weighted by molar-refractivity contribution is 5.10. The van der Waals surface area contributed by atoms with Crippen LogP contribution in [0.2, 0.25) is 0 Å². The summed E-state index contributed by atoms with van der Waals surface area (Å²) in [4.78, 5) is 0. The van der Waals surface area contributed by atoms with E-state index in [0.29, 0.717) is 5.41 Å². The molecule has 1 fully saturated rings. The van der Waals surface area contributed by atoms with Crippen molar-refractivity contribution in [2.75, 3.05) is 0 Å². The predicted molar refractivity (Wildman–Crippen MR) is 36.5 cm³/mol. The zero-order valence-electron chi connectivity index (χ0n) is 6.12. The summed E-state index contributed by atoms with van der Waals surface area (Å²) < 4.78 is 0. The molecule has 0 atom stereocenters. The third-order valence-electron chi connectivity index (χ3n) is 2.44. The minimum Gasteiger partial charge on any atom is -0.0648 e. The van der Waals surface area contributed by atoms with Gasteiger partial charge in [0.2, 0.25) is 0 Å². The molecule has 0 heterocycles. The third kappa shape index (κ3) is 0.765. The van der Waals surface area contributed by atoms with Crippen molar-refractivity contribution in [2.45, 2.75) is 40.0 Å². The lowest BCUT2D eigenvalue weighted by Crippen LogP contribution is -2.31. The molecule has 0 spiro atoms. The Morgan fingerprint density at radius 3 is 2.12 bits per heavy atom. The van der Waals surface area contributed by atoms with Crippen LogP contribution in [0.3, 0.4) is 0 Å².